The van der Waals surface area contributed by atoms with Gasteiger partial charge >= 0.3 is 6.18 Å². The van der Waals surface area contributed by atoms with Gasteiger partial charge in [0.1, 0.15) is 11.5 Å². The van der Waals surface area contributed by atoms with Gasteiger partial charge in [0.25, 0.3) is 5.78 Å². The lowest BCUT2D eigenvalue weighted by Crippen LogP contribution is -2.22. The van der Waals surface area contributed by atoms with Gasteiger partial charge in [-0.1, -0.05) is 24.3 Å². The van der Waals surface area contributed by atoms with Crippen LogP contribution in [0, 0.1) is 0 Å². The molecule has 7 heteroatoms. The Balaban J connectivity index is 2.05. The molecule has 4 aromatic rings. The fourth-order valence-corrected chi connectivity index (χ4v) is 2.85. The summed E-state index contributed by atoms with van der Waals surface area (Å²) in [7, 11) is 0. The zero-order valence-electron chi connectivity index (χ0n) is 12.7. The van der Waals surface area contributed by atoms with Crippen LogP contribution in [-0.2, 0) is 0 Å². The summed E-state index contributed by atoms with van der Waals surface area (Å²) in [6.45, 7) is 0. The zero-order chi connectivity index (χ0) is 17.6. The van der Waals surface area contributed by atoms with Crippen molar-refractivity contribution in [3.05, 3.63) is 66.6 Å². The Morgan fingerprint density at radius 3 is 2.48 bits per heavy atom. The maximum atomic E-state index is 12.9. The maximum absolute atomic E-state index is 12.9. The van der Waals surface area contributed by atoms with E-state index in [-0.39, 0.29) is 11.0 Å². The molecule has 0 N–H and O–H groups in total. The monoisotopic (exact) mass is 341 g/mol. The number of hydrogen-bond acceptors (Lipinski definition) is 3. The first kappa shape index (κ1) is 15.3. The predicted octanol–water partition coefficient (Wildman–Crippen LogP) is 4.32. The highest BCUT2D eigenvalue weighted by atomic mass is 19.4. The number of fused-ring (bicyclic) bond motifs is 2. The molecule has 124 valence electrons. The SMILES string of the molecule is O=C(c1cn(-c2nccc3ccccc23)c2ncccc12)C(F)(F)F. The Morgan fingerprint density at radius 1 is 0.920 bits per heavy atom. The highest BCUT2D eigenvalue weighted by Crippen LogP contribution is 2.30. The Morgan fingerprint density at radius 2 is 1.68 bits per heavy atom. The third-order valence-corrected chi connectivity index (χ3v) is 3.95. The fraction of sp³-hybridized carbons (Fsp3) is 0.0556. The smallest absolute Gasteiger partial charge is 0.284 e. The van der Waals surface area contributed by atoms with Gasteiger partial charge < -0.3 is 0 Å². The molecule has 3 aromatic heterocycles. The molecule has 1 aromatic carbocycles. The molecule has 0 unspecified atom stereocenters. The number of rotatable bonds is 2. The van der Waals surface area contributed by atoms with Crippen LogP contribution in [0.15, 0.2) is 61.1 Å². The topological polar surface area (TPSA) is 47.8 Å². The molecule has 4 nitrogen and oxygen atoms in total. The number of Topliss-reactive ketones (excluding diaryl/α,β-unsaturated/α-hetero) is 1. The van der Waals surface area contributed by atoms with E-state index in [1.165, 1.54) is 22.9 Å². The van der Waals surface area contributed by atoms with E-state index in [2.05, 4.69) is 9.97 Å². The van der Waals surface area contributed by atoms with Gasteiger partial charge in [-0.05, 0) is 23.6 Å². The van der Waals surface area contributed by atoms with Crippen molar-refractivity contribution in [3.8, 4) is 5.82 Å². The number of halogens is 3. The summed E-state index contributed by atoms with van der Waals surface area (Å²) in [5.74, 6) is -1.48. The van der Waals surface area contributed by atoms with Gasteiger partial charge in [-0.2, -0.15) is 13.2 Å². The number of nitrogens with zero attached hydrogens (tertiary/aromatic N) is 3. The summed E-state index contributed by atoms with van der Waals surface area (Å²) in [5, 5.41) is 1.77. The lowest BCUT2D eigenvalue weighted by Gasteiger charge is -2.07. The van der Waals surface area contributed by atoms with Crippen LogP contribution < -0.4 is 0 Å². The summed E-state index contributed by atoms with van der Waals surface area (Å²) in [6.07, 6.45) is -0.771. The molecular formula is C18H10F3N3O. The van der Waals surface area contributed by atoms with Gasteiger partial charge in [0, 0.05) is 29.4 Å². The minimum absolute atomic E-state index is 0.138. The summed E-state index contributed by atoms with van der Waals surface area (Å²) in [6, 6.07) is 12.1. The van der Waals surface area contributed by atoms with E-state index < -0.39 is 17.5 Å². The minimum Gasteiger partial charge on any atom is -0.284 e. The standard InChI is InChI=1S/C18H10F3N3O/c19-18(20,21)15(25)14-10-24(17-13(14)6-3-8-22-17)16-12-5-2-1-4-11(12)7-9-23-16/h1-10H. The molecule has 25 heavy (non-hydrogen) atoms. The Kier molecular flexibility index (Phi) is 3.31. The average Bonchev–Trinajstić information content (AvgIpc) is 2.99. The number of carbonyl (C=O) groups excluding carboxylic acids is 1. The third-order valence-electron chi connectivity index (χ3n) is 3.95. The van der Waals surface area contributed by atoms with Gasteiger partial charge in [0.15, 0.2) is 0 Å². The van der Waals surface area contributed by atoms with E-state index in [0.29, 0.717) is 5.82 Å². The predicted molar refractivity (Wildman–Crippen MR) is 86.8 cm³/mol. The second kappa shape index (κ2) is 5.41. The van der Waals surface area contributed by atoms with Crippen LogP contribution >= 0.6 is 0 Å². The lowest BCUT2D eigenvalue weighted by molar-refractivity contribution is -0.0884. The van der Waals surface area contributed by atoms with E-state index in [9.17, 15) is 18.0 Å². The van der Waals surface area contributed by atoms with Crippen LogP contribution in [0.5, 0.6) is 0 Å². The molecule has 0 aliphatic rings. The number of ketones is 1. The summed E-state index contributed by atoms with van der Waals surface area (Å²) in [5.41, 5.74) is -0.190. The van der Waals surface area contributed by atoms with Crippen molar-refractivity contribution in [2.75, 3.05) is 0 Å². The zero-order valence-corrected chi connectivity index (χ0v) is 12.7. The van der Waals surface area contributed by atoms with E-state index in [1.54, 1.807) is 12.3 Å². The number of benzene rings is 1. The van der Waals surface area contributed by atoms with E-state index in [0.717, 1.165) is 17.0 Å². The van der Waals surface area contributed by atoms with Crippen LogP contribution in [0.1, 0.15) is 10.4 Å². The fourth-order valence-electron chi connectivity index (χ4n) is 2.85. The van der Waals surface area contributed by atoms with Crippen LogP contribution in [0.4, 0.5) is 13.2 Å². The maximum Gasteiger partial charge on any atom is 0.454 e. The first-order chi connectivity index (χ1) is 12.0. The van der Waals surface area contributed by atoms with E-state index in [4.69, 9.17) is 0 Å². The number of carbonyl (C=O) groups is 1. The summed E-state index contributed by atoms with van der Waals surface area (Å²) in [4.78, 5) is 20.2. The minimum atomic E-state index is -4.96. The molecule has 0 aliphatic heterocycles. The van der Waals surface area contributed by atoms with Crippen LogP contribution in [0.3, 0.4) is 0 Å². The summed E-state index contributed by atoms with van der Waals surface area (Å²) >= 11 is 0. The van der Waals surface area contributed by atoms with Gasteiger partial charge in [-0.25, -0.2) is 9.97 Å². The average molecular weight is 341 g/mol. The van der Waals surface area contributed by atoms with Crippen molar-refractivity contribution >= 4 is 27.6 Å². The molecule has 0 bridgehead atoms. The van der Waals surface area contributed by atoms with Crippen molar-refractivity contribution in [1.29, 1.82) is 0 Å². The van der Waals surface area contributed by atoms with Gasteiger partial charge in [0.2, 0.25) is 0 Å². The van der Waals surface area contributed by atoms with Gasteiger partial charge in [-0.15, -0.1) is 0 Å². The molecule has 0 amide bonds. The molecule has 0 saturated heterocycles. The Labute approximate surface area is 139 Å². The van der Waals surface area contributed by atoms with Crippen molar-refractivity contribution in [1.82, 2.24) is 14.5 Å². The Bertz CT molecular complexity index is 1110. The van der Waals surface area contributed by atoms with E-state index >= 15 is 0 Å². The molecule has 0 spiro atoms. The largest absolute Gasteiger partial charge is 0.454 e. The molecule has 0 radical (unpaired) electrons. The first-order valence-corrected chi connectivity index (χ1v) is 7.38. The van der Waals surface area contributed by atoms with Crippen LogP contribution in [-0.4, -0.2) is 26.5 Å². The van der Waals surface area contributed by atoms with Crippen molar-refractivity contribution in [2.24, 2.45) is 0 Å². The van der Waals surface area contributed by atoms with Crippen LogP contribution in [0.2, 0.25) is 0 Å². The third kappa shape index (κ3) is 2.44. The highest BCUT2D eigenvalue weighted by Gasteiger charge is 2.41. The van der Waals surface area contributed by atoms with Gasteiger partial charge in [-0.3, -0.25) is 9.36 Å². The molecule has 0 atom stereocenters. The Hall–Kier alpha value is -3.22. The quantitative estimate of drug-likeness (QED) is 0.510. The molecule has 0 saturated carbocycles. The molecule has 0 fully saturated rings. The molecule has 3 heterocycles. The summed E-state index contributed by atoms with van der Waals surface area (Å²) < 4.78 is 40.2. The second-order valence-electron chi connectivity index (χ2n) is 5.47. The highest BCUT2D eigenvalue weighted by molar-refractivity contribution is 6.10. The van der Waals surface area contributed by atoms with E-state index in [1.807, 2.05) is 24.3 Å². The van der Waals surface area contributed by atoms with Crippen molar-refractivity contribution in [2.45, 2.75) is 6.18 Å². The lowest BCUT2D eigenvalue weighted by atomic mass is 10.1. The van der Waals surface area contributed by atoms with Gasteiger partial charge in [0.05, 0.1) is 5.56 Å². The second-order valence-corrected chi connectivity index (χ2v) is 5.47. The number of alkyl halides is 3. The number of aromatic nitrogens is 3. The number of pyridine rings is 2. The molecule has 0 aliphatic carbocycles. The van der Waals surface area contributed by atoms with Crippen molar-refractivity contribution < 1.29 is 18.0 Å². The normalized spacial score (nSPS) is 12.0. The molecule has 4 rings (SSSR count). The van der Waals surface area contributed by atoms with Crippen LogP contribution in [0.25, 0.3) is 27.6 Å². The van der Waals surface area contributed by atoms with Crippen molar-refractivity contribution in [3.63, 3.8) is 0 Å². The number of hydrogen-bond donors (Lipinski definition) is 0. The first-order valence-electron chi connectivity index (χ1n) is 7.38. The molecular weight excluding hydrogens is 331 g/mol.